The largest absolute Gasteiger partial charge is 0.373 e. The van der Waals surface area contributed by atoms with E-state index in [2.05, 4.69) is 9.97 Å². The van der Waals surface area contributed by atoms with E-state index in [1.807, 2.05) is 19.9 Å². The molecule has 3 aliphatic heterocycles. The topological polar surface area (TPSA) is 72.4 Å². The van der Waals surface area contributed by atoms with Crippen LogP contribution in [0, 0.1) is 25.7 Å². The Bertz CT molecular complexity index is 582. The van der Waals surface area contributed by atoms with Crippen molar-refractivity contribution in [2.24, 2.45) is 11.8 Å². The van der Waals surface area contributed by atoms with Gasteiger partial charge in [0.05, 0.1) is 24.0 Å². The van der Waals surface area contributed by atoms with Gasteiger partial charge in [0.15, 0.2) is 0 Å². The lowest BCUT2D eigenvalue weighted by molar-refractivity contribution is -0.124. The number of nitrogens with zero attached hydrogens (tertiary/aromatic N) is 3. The Kier molecular flexibility index (Phi) is 2.30. The van der Waals surface area contributed by atoms with E-state index >= 15 is 0 Å². The van der Waals surface area contributed by atoms with Gasteiger partial charge in [0.1, 0.15) is 0 Å². The van der Waals surface area contributed by atoms with Crippen LogP contribution in [0.4, 0.5) is 5.95 Å². The average molecular weight is 273 g/mol. The predicted molar refractivity (Wildman–Crippen MR) is 68.9 cm³/mol. The number of hydrogen-bond acceptors (Lipinski definition) is 5. The summed E-state index contributed by atoms with van der Waals surface area (Å²) in [6.45, 7) is 3.66. The number of hydrogen-bond donors (Lipinski definition) is 0. The molecule has 0 aromatic carbocycles. The number of aryl methyl sites for hydroxylation is 2. The van der Waals surface area contributed by atoms with Gasteiger partial charge in [-0.15, -0.1) is 0 Å². The van der Waals surface area contributed by atoms with Crippen molar-refractivity contribution in [3.63, 3.8) is 0 Å². The third kappa shape index (κ3) is 1.42. The fourth-order valence-corrected chi connectivity index (χ4v) is 3.72. The first-order valence-electron chi connectivity index (χ1n) is 6.92. The van der Waals surface area contributed by atoms with Crippen LogP contribution in [-0.4, -0.2) is 34.0 Å². The molecule has 4 atom stereocenters. The molecule has 0 N–H and O–H groups in total. The molecule has 0 aliphatic carbocycles. The molecule has 3 saturated heterocycles. The number of rotatable bonds is 1. The van der Waals surface area contributed by atoms with Crippen molar-refractivity contribution >= 4 is 17.8 Å². The maximum atomic E-state index is 12.6. The van der Waals surface area contributed by atoms with Gasteiger partial charge in [-0.05, 0) is 32.8 Å². The van der Waals surface area contributed by atoms with Crippen LogP contribution in [0.5, 0.6) is 0 Å². The molecule has 6 heteroatoms. The summed E-state index contributed by atoms with van der Waals surface area (Å²) in [5, 5.41) is 0. The van der Waals surface area contributed by atoms with E-state index in [1.54, 1.807) is 0 Å². The number of amides is 2. The van der Waals surface area contributed by atoms with Crippen LogP contribution in [0.2, 0.25) is 0 Å². The number of imide groups is 1. The highest BCUT2D eigenvalue weighted by atomic mass is 16.5. The molecule has 6 nitrogen and oxygen atoms in total. The Morgan fingerprint density at radius 3 is 2.05 bits per heavy atom. The monoisotopic (exact) mass is 273 g/mol. The van der Waals surface area contributed by atoms with Crippen molar-refractivity contribution in [2.45, 2.75) is 38.9 Å². The lowest BCUT2D eigenvalue weighted by atomic mass is 9.81. The van der Waals surface area contributed by atoms with E-state index in [-0.39, 0.29) is 41.8 Å². The van der Waals surface area contributed by atoms with Crippen molar-refractivity contribution in [3.05, 3.63) is 17.5 Å². The minimum absolute atomic E-state index is 0.0997. The van der Waals surface area contributed by atoms with Crippen LogP contribution in [0.25, 0.3) is 0 Å². The summed E-state index contributed by atoms with van der Waals surface area (Å²) in [5.74, 6) is -0.836. The van der Waals surface area contributed by atoms with Gasteiger partial charge in [-0.3, -0.25) is 9.59 Å². The number of aromatic nitrogens is 2. The standard InChI is InChI=1S/C14H15N3O3/c1-6-5-7(2)16-14(15-6)17-12(18)10-8-3-4-9(20-8)11(10)13(17)19/h5,8-11H,3-4H2,1-2H3. The molecule has 2 amide bonds. The molecule has 3 aliphatic rings. The van der Waals surface area contributed by atoms with Gasteiger partial charge >= 0.3 is 0 Å². The van der Waals surface area contributed by atoms with Crippen LogP contribution in [-0.2, 0) is 14.3 Å². The van der Waals surface area contributed by atoms with Crippen molar-refractivity contribution in [2.75, 3.05) is 4.90 Å². The molecular weight excluding hydrogens is 258 g/mol. The molecular formula is C14H15N3O3. The summed E-state index contributed by atoms with van der Waals surface area (Å²) in [6, 6.07) is 1.82. The number of fused-ring (bicyclic) bond motifs is 5. The number of anilines is 1. The molecule has 20 heavy (non-hydrogen) atoms. The summed E-state index contributed by atoms with van der Waals surface area (Å²) < 4.78 is 5.70. The minimum Gasteiger partial charge on any atom is -0.373 e. The van der Waals surface area contributed by atoms with Crippen molar-refractivity contribution in [3.8, 4) is 0 Å². The van der Waals surface area contributed by atoms with Gasteiger partial charge in [0.25, 0.3) is 0 Å². The van der Waals surface area contributed by atoms with Crippen LogP contribution in [0.15, 0.2) is 6.07 Å². The summed E-state index contributed by atoms with van der Waals surface area (Å²) in [4.78, 5) is 34.8. The van der Waals surface area contributed by atoms with E-state index in [4.69, 9.17) is 4.74 Å². The second-order valence-corrected chi connectivity index (χ2v) is 5.80. The van der Waals surface area contributed by atoms with Gasteiger partial charge in [-0.25, -0.2) is 14.9 Å². The molecule has 3 fully saturated rings. The first-order chi connectivity index (χ1) is 9.56. The smallest absolute Gasteiger partial charge is 0.242 e. The van der Waals surface area contributed by atoms with Gasteiger partial charge < -0.3 is 4.74 Å². The quantitative estimate of drug-likeness (QED) is 0.706. The lowest BCUT2D eigenvalue weighted by Crippen LogP contribution is -2.35. The Morgan fingerprint density at radius 2 is 1.55 bits per heavy atom. The summed E-state index contributed by atoms with van der Waals surface area (Å²) in [5.41, 5.74) is 1.51. The normalized spacial score (nSPS) is 35.0. The molecule has 4 unspecified atom stereocenters. The third-order valence-electron chi connectivity index (χ3n) is 4.45. The van der Waals surface area contributed by atoms with E-state index in [1.165, 1.54) is 4.90 Å². The van der Waals surface area contributed by atoms with Gasteiger partial charge in [0, 0.05) is 11.4 Å². The highest BCUT2D eigenvalue weighted by Gasteiger charge is 2.63. The summed E-state index contributed by atoms with van der Waals surface area (Å²) in [7, 11) is 0. The van der Waals surface area contributed by atoms with Gasteiger partial charge in [-0.1, -0.05) is 0 Å². The Balaban J connectivity index is 1.76. The molecule has 2 bridgehead atoms. The number of ether oxygens (including phenoxy) is 1. The molecule has 1 aromatic rings. The molecule has 0 spiro atoms. The highest BCUT2D eigenvalue weighted by molar-refractivity contribution is 6.21. The van der Waals surface area contributed by atoms with E-state index < -0.39 is 0 Å². The molecule has 1 aromatic heterocycles. The van der Waals surface area contributed by atoms with E-state index in [9.17, 15) is 9.59 Å². The maximum absolute atomic E-state index is 12.6. The average Bonchev–Trinajstić information content (AvgIpc) is 3.02. The Morgan fingerprint density at radius 1 is 1.05 bits per heavy atom. The predicted octanol–water partition coefficient (Wildman–Crippen LogP) is 0.760. The fraction of sp³-hybridized carbons (Fsp3) is 0.571. The zero-order valence-corrected chi connectivity index (χ0v) is 11.4. The molecule has 4 rings (SSSR count). The van der Waals surface area contributed by atoms with Crippen LogP contribution in [0.3, 0.4) is 0 Å². The fourth-order valence-electron chi connectivity index (χ4n) is 3.72. The zero-order chi connectivity index (χ0) is 14.0. The number of carbonyl (C=O) groups is 2. The maximum Gasteiger partial charge on any atom is 0.242 e. The second-order valence-electron chi connectivity index (χ2n) is 5.80. The molecule has 104 valence electrons. The molecule has 0 saturated carbocycles. The number of carbonyl (C=O) groups excluding carboxylic acids is 2. The SMILES string of the molecule is Cc1cc(C)nc(N2C(=O)C3C4CCC(O4)C3C2=O)n1. The molecule has 0 radical (unpaired) electrons. The summed E-state index contributed by atoms with van der Waals surface area (Å²) in [6.07, 6.45) is 1.54. The molecule has 4 heterocycles. The lowest BCUT2D eigenvalue weighted by Gasteiger charge is -2.16. The van der Waals surface area contributed by atoms with Gasteiger partial charge in [-0.2, -0.15) is 0 Å². The summed E-state index contributed by atoms with van der Waals surface area (Å²) >= 11 is 0. The van der Waals surface area contributed by atoms with E-state index in [0.29, 0.717) is 0 Å². The van der Waals surface area contributed by atoms with Crippen LogP contribution < -0.4 is 4.90 Å². The Labute approximate surface area is 116 Å². The second kappa shape index (κ2) is 3.85. The van der Waals surface area contributed by atoms with Crippen LogP contribution >= 0.6 is 0 Å². The highest BCUT2D eigenvalue weighted by Crippen LogP contribution is 2.48. The van der Waals surface area contributed by atoms with Gasteiger partial charge in [0.2, 0.25) is 17.8 Å². The first kappa shape index (κ1) is 12.0. The van der Waals surface area contributed by atoms with Crippen molar-refractivity contribution in [1.29, 1.82) is 0 Å². The van der Waals surface area contributed by atoms with Crippen molar-refractivity contribution in [1.82, 2.24) is 9.97 Å². The van der Waals surface area contributed by atoms with E-state index in [0.717, 1.165) is 24.2 Å². The van der Waals surface area contributed by atoms with Crippen molar-refractivity contribution < 1.29 is 14.3 Å². The first-order valence-corrected chi connectivity index (χ1v) is 6.92. The van der Waals surface area contributed by atoms with Crippen LogP contribution in [0.1, 0.15) is 24.2 Å². The minimum atomic E-state index is -0.328. The third-order valence-corrected chi connectivity index (χ3v) is 4.45. The zero-order valence-electron chi connectivity index (χ0n) is 11.4. The Hall–Kier alpha value is -1.82.